The summed E-state index contributed by atoms with van der Waals surface area (Å²) in [4.78, 5) is 25.5. The molecule has 0 radical (unpaired) electrons. The molecule has 0 unspecified atom stereocenters. The van der Waals surface area contributed by atoms with Crippen LogP contribution >= 0.6 is 0 Å². The number of hydrogen-bond acceptors (Lipinski definition) is 8. The number of amides is 1. The van der Waals surface area contributed by atoms with E-state index in [0.29, 0.717) is 37.6 Å². The Morgan fingerprint density at radius 1 is 1.21 bits per heavy atom. The number of carbonyl (C=O) groups excluding carboxylic acids is 1. The number of benzene rings is 1. The normalized spacial score (nSPS) is 15.0. The van der Waals surface area contributed by atoms with Gasteiger partial charge in [0.05, 0.1) is 5.69 Å². The molecule has 33 heavy (non-hydrogen) atoms. The summed E-state index contributed by atoms with van der Waals surface area (Å²) in [5.74, 6) is -0.892. The van der Waals surface area contributed by atoms with Crippen molar-refractivity contribution in [1.29, 1.82) is 0 Å². The number of halogens is 2. The summed E-state index contributed by atoms with van der Waals surface area (Å²) in [7, 11) is 0. The average molecular weight is 457 g/mol. The maximum atomic E-state index is 15.2. The number of piperidine rings is 1. The van der Waals surface area contributed by atoms with Crippen LogP contribution in [0.3, 0.4) is 0 Å². The van der Waals surface area contributed by atoms with Crippen molar-refractivity contribution in [1.82, 2.24) is 20.1 Å². The maximum Gasteiger partial charge on any atom is 0.248 e. The lowest BCUT2D eigenvalue weighted by molar-refractivity contribution is 0.1000. The molecule has 1 amide bonds. The summed E-state index contributed by atoms with van der Waals surface area (Å²) < 4.78 is 34.9. The SMILES string of the molecule is CC(C)(C)c1noc(C2CCN(c3ncnc(Nc4ccc(C(N)=O)cc4F)c3F)CC2)n1. The van der Waals surface area contributed by atoms with Gasteiger partial charge in [0.25, 0.3) is 0 Å². The average Bonchev–Trinajstić information content (AvgIpc) is 3.27. The lowest BCUT2D eigenvalue weighted by Gasteiger charge is -2.31. The molecule has 3 aromatic rings. The maximum absolute atomic E-state index is 15.2. The van der Waals surface area contributed by atoms with Crippen LogP contribution in [0.1, 0.15) is 61.6 Å². The van der Waals surface area contributed by atoms with Crippen LogP contribution in [0.5, 0.6) is 0 Å². The molecule has 1 aromatic carbocycles. The van der Waals surface area contributed by atoms with Gasteiger partial charge >= 0.3 is 0 Å². The van der Waals surface area contributed by atoms with Gasteiger partial charge in [-0.2, -0.15) is 9.37 Å². The van der Waals surface area contributed by atoms with E-state index in [0.717, 1.165) is 6.07 Å². The largest absolute Gasteiger partial charge is 0.366 e. The summed E-state index contributed by atoms with van der Waals surface area (Å²) in [5, 5.41) is 6.71. The van der Waals surface area contributed by atoms with Gasteiger partial charge in [-0.15, -0.1) is 0 Å². The van der Waals surface area contributed by atoms with Crippen molar-refractivity contribution in [3.05, 3.63) is 53.4 Å². The van der Waals surface area contributed by atoms with Crippen LogP contribution in [0.4, 0.5) is 26.1 Å². The predicted molar refractivity (Wildman–Crippen MR) is 117 cm³/mol. The fraction of sp³-hybridized carbons (Fsp3) is 0.409. The lowest BCUT2D eigenvalue weighted by Crippen LogP contribution is -2.34. The summed E-state index contributed by atoms with van der Waals surface area (Å²) in [5.41, 5.74) is 4.94. The molecule has 0 bridgehead atoms. The van der Waals surface area contributed by atoms with Gasteiger partial charge in [-0.25, -0.2) is 14.4 Å². The monoisotopic (exact) mass is 457 g/mol. The van der Waals surface area contributed by atoms with Gasteiger partial charge < -0.3 is 20.5 Å². The zero-order valence-electron chi connectivity index (χ0n) is 18.6. The summed E-state index contributed by atoms with van der Waals surface area (Å²) in [6.07, 6.45) is 2.61. The van der Waals surface area contributed by atoms with Crippen molar-refractivity contribution >= 4 is 23.2 Å². The van der Waals surface area contributed by atoms with Crippen molar-refractivity contribution in [3.8, 4) is 0 Å². The summed E-state index contributed by atoms with van der Waals surface area (Å²) in [6, 6.07) is 3.64. The molecule has 1 aliphatic rings. The Kier molecular flexibility index (Phi) is 5.96. The molecule has 4 rings (SSSR count). The first-order valence-electron chi connectivity index (χ1n) is 10.6. The van der Waals surface area contributed by atoms with Crippen LogP contribution in [0.25, 0.3) is 0 Å². The minimum Gasteiger partial charge on any atom is -0.366 e. The molecular weight excluding hydrogens is 432 g/mol. The number of aromatic nitrogens is 4. The van der Waals surface area contributed by atoms with Crippen molar-refractivity contribution in [2.75, 3.05) is 23.3 Å². The van der Waals surface area contributed by atoms with E-state index in [1.165, 1.54) is 18.5 Å². The van der Waals surface area contributed by atoms with Crippen LogP contribution in [0.15, 0.2) is 29.0 Å². The van der Waals surface area contributed by atoms with Gasteiger partial charge in [-0.1, -0.05) is 25.9 Å². The highest BCUT2D eigenvalue weighted by Gasteiger charge is 2.30. The van der Waals surface area contributed by atoms with Crippen LogP contribution in [0.2, 0.25) is 0 Å². The van der Waals surface area contributed by atoms with E-state index < -0.39 is 17.5 Å². The van der Waals surface area contributed by atoms with Gasteiger partial charge in [0.15, 0.2) is 17.5 Å². The van der Waals surface area contributed by atoms with E-state index in [-0.39, 0.29) is 34.2 Å². The second kappa shape index (κ2) is 8.72. The van der Waals surface area contributed by atoms with E-state index in [1.54, 1.807) is 0 Å². The Morgan fingerprint density at radius 3 is 2.55 bits per heavy atom. The van der Waals surface area contributed by atoms with E-state index in [9.17, 15) is 9.18 Å². The highest BCUT2D eigenvalue weighted by molar-refractivity contribution is 5.93. The van der Waals surface area contributed by atoms with Crippen molar-refractivity contribution in [3.63, 3.8) is 0 Å². The fourth-order valence-electron chi connectivity index (χ4n) is 3.61. The van der Waals surface area contributed by atoms with Crippen molar-refractivity contribution in [2.45, 2.75) is 44.9 Å². The summed E-state index contributed by atoms with van der Waals surface area (Å²) >= 11 is 0. The first-order valence-corrected chi connectivity index (χ1v) is 10.6. The first-order chi connectivity index (χ1) is 15.6. The number of nitrogens with two attached hydrogens (primary N) is 1. The lowest BCUT2D eigenvalue weighted by atomic mass is 9.95. The molecule has 1 saturated heterocycles. The minimum absolute atomic E-state index is 0.0145. The molecule has 1 fully saturated rings. The highest BCUT2D eigenvalue weighted by Crippen LogP contribution is 2.33. The number of hydrogen-bond donors (Lipinski definition) is 2. The number of nitrogens with zero attached hydrogens (tertiary/aromatic N) is 5. The highest BCUT2D eigenvalue weighted by atomic mass is 19.1. The Hall–Kier alpha value is -3.63. The number of carbonyl (C=O) groups is 1. The second-order valence-corrected chi connectivity index (χ2v) is 9.01. The molecule has 0 saturated carbocycles. The number of rotatable bonds is 5. The molecule has 174 valence electrons. The number of primary amides is 1. The molecule has 3 heterocycles. The minimum atomic E-state index is -0.755. The third-order valence-electron chi connectivity index (χ3n) is 5.53. The third-order valence-corrected chi connectivity index (χ3v) is 5.53. The van der Waals surface area contributed by atoms with Gasteiger partial charge in [0.2, 0.25) is 17.6 Å². The van der Waals surface area contributed by atoms with Gasteiger partial charge in [0.1, 0.15) is 12.1 Å². The number of anilines is 3. The predicted octanol–water partition coefficient (Wildman–Crippen LogP) is 3.66. The molecule has 11 heteroatoms. The molecule has 9 nitrogen and oxygen atoms in total. The van der Waals surface area contributed by atoms with Gasteiger partial charge in [-0.05, 0) is 31.0 Å². The van der Waals surface area contributed by atoms with E-state index >= 15 is 4.39 Å². The Labute approximate surface area is 189 Å². The smallest absolute Gasteiger partial charge is 0.248 e. The molecule has 0 atom stereocenters. The van der Waals surface area contributed by atoms with E-state index in [2.05, 4.69) is 25.4 Å². The second-order valence-electron chi connectivity index (χ2n) is 9.01. The van der Waals surface area contributed by atoms with Crippen molar-refractivity contribution in [2.24, 2.45) is 5.73 Å². The fourth-order valence-corrected chi connectivity index (χ4v) is 3.61. The third kappa shape index (κ3) is 4.76. The molecule has 3 N–H and O–H groups in total. The molecule has 2 aromatic heterocycles. The topological polar surface area (TPSA) is 123 Å². The van der Waals surface area contributed by atoms with Crippen LogP contribution in [-0.4, -0.2) is 39.1 Å². The van der Waals surface area contributed by atoms with E-state index in [4.69, 9.17) is 10.3 Å². The number of nitrogens with one attached hydrogen (secondary N) is 1. The summed E-state index contributed by atoms with van der Waals surface area (Å²) in [6.45, 7) is 7.13. The standard InChI is InChI=1S/C22H25F2N7O2/c1-22(2,3)21-29-20(33-30-21)12-6-8-31(9-7-12)19-16(24)18(26-11-27-19)28-15-5-4-13(17(25)32)10-14(15)23/h4-5,10-12H,6-9H2,1-3H3,(H2,25,32)(H,26,27,28). The van der Waals surface area contributed by atoms with Crippen molar-refractivity contribution < 1.29 is 18.1 Å². The molecule has 1 aliphatic heterocycles. The van der Waals surface area contributed by atoms with Gasteiger partial charge in [-0.3, -0.25) is 4.79 Å². The van der Waals surface area contributed by atoms with E-state index in [1.807, 2.05) is 25.7 Å². The zero-order valence-corrected chi connectivity index (χ0v) is 18.6. The Morgan fingerprint density at radius 2 is 1.94 bits per heavy atom. The van der Waals surface area contributed by atoms with Gasteiger partial charge in [0, 0.05) is 30.0 Å². The molecule has 0 aliphatic carbocycles. The first kappa shape index (κ1) is 22.6. The quantitative estimate of drug-likeness (QED) is 0.595. The van der Waals surface area contributed by atoms with Crippen LogP contribution in [0, 0.1) is 11.6 Å². The zero-order chi connectivity index (χ0) is 23.8. The van der Waals surface area contributed by atoms with Crippen LogP contribution in [-0.2, 0) is 5.41 Å². The Balaban J connectivity index is 1.46. The molecule has 0 spiro atoms. The molecular formula is C22H25F2N7O2. The van der Waals surface area contributed by atoms with Crippen LogP contribution < -0.4 is 16.0 Å². The Bertz CT molecular complexity index is 1170.